The first-order chi connectivity index (χ1) is 14.9. The summed E-state index contributed by atoms with van der Waals surface area (Å²) in [6.45, 7) is 6.19. The third-order valence-corrected chi connectivity index (χ3v) is 5.38. The maximum atomic E-state index is 12.6. The van der Waals surface area contributed by atoms with Gasteiger partial charge >= 0.3 is 0 Å². The Morgan fingerprint density at radius 3 is 2.58 bits per heavy atom. The maximum absolute atomic E-state index is 12.6. The van der Waals surface area contributed by atoms with Crippen molar-refractivity contribution < 1.29 is 4.79 Å². The molecule has 0 atom stereocenters. The van der Waals surface area contributed by atoms with Crippen molar-refractivity contribution in [3.8, 4) is 11.4 Å². The van der Waals surface area contributed by atoms with Crippen LogP contribution in [0, 0.1) is 20.8 Å². The van der Waals surface area contributed by atoms with Gasteiger partial charge in [0, 0.05) is 34.6 Å². The van der Waals surface area contributed by atoms with E-state index in [-0.39, 0.29) is 17.0 Å². The topological polar surface area (TPSA) is 89.8 Å². The molecule has 0 aliphatic heterocycles. The van der Waals surface area contributed by atoms with Gasteiger partial charge < -0.3 is 4.57 Å². The Morgan fingerprint density at radius 2 is 1.84 bits per heavy atom. The molecular formula is C23H21N5O2S. The van der Waals surface area contributed by atoms with E-state index in [9.17, 15) is 9.59 Å². The van der Waals surface area contributed by atoms with E-state index in [4.69, 9.17) is 0 Å². The van der Waals surface area contributed by atoms with Gasteiger partial charge in [-0.1, -0.05) is 6.07 Å². The molecule has 0 saturated carbocycles. The van der Waals surface area contributed by atoms with Crippen molar-refractivity contribution >= 4 is 22.4 Å². The highest BCUT2D eigenvalue weighted by molar-refractivity contribution is 7.14. The minimum Gasteiger partial charge on any atom is -0.309 e. The Balaban J connectivity index is 1.48. The monoisotopic (exact) mass is 431 g/mol. The van der Waals surface area contributed by atoms with Crippen LogP contribution in [0.25, 0.3) is 11.4 Å². The second kappa shape index (κ2) is 8.61. The number of rotatable bonds is 5. The number of aromatic nitrogens is 4. The van der Waals surface area contributed by atoms with Gasteiger partial charge in [-0.05, 0) is 56.7 Å². The number of anilines is 1. The largest absolute Gasteiger partial charge is 0.309 e. The van der Waals surface area contributed by atoms with Crippen molar-refractivity contribution in [2.24, 2.45) is 0 Å². The highest BCUT2D eigenvalue weighted by atomic mass is 32.1. The third kappa shape index (κ3) is 4.92. The van der Waals surface area contributed by atoms with Gasteiger partial charge in [-0.3, -0.25) is 24.9 Å². The zero-order valence-electron chi connectivity index (χ0n) is 17.4. The second-order valence-corrected chi connectivity index (χ2v) is 8.17. The van der Waals surface area contributed by atoms with Crippen LogP contribution in [0.15, 0.2) is 58.8 Å². The lowest BCUT2D eigenvalue weighted by atomic mass is 10.2. The van der Waals surface area contributed by atoms with E-state index in [2.05, 4.69) is 20.3 Å². The Bertz CT molecular complexity index is 1310. The summed E-state index contributed by atoms with van der Waals surface area (Å²) in [5.74, 6) is -0.382. The van der Waals surface area contributed by atoms with Crippen LogP contribution >= 0.6 is 11.3 Å². The molecule has 0 spiro atoms. The standard InChI is InChI=1S/C23H21N5O2S/c1-14-9-16(3)25-19(10-14)20-13-31-23(26-20)27-22(30)17-7-8-28(21(29)11-17)12-18-6-4-5-15(2)24-18/h4-11,13H,12H2,1-3H3,(H,26,27,30). The number of nitrogens with zero attached hydrogens (tertiary/aromatic N) is 4. The molecular weight excluding hydrogens is 410 g/mol. The van der Waals surface area contributed by atoms with Crippen LogP contribution in [0.3, 0.4) is 0 Å². The molecule has 4 heterocycles. The summed E-state index contributed by atoms with van der Waals surface area (Å²) in [6.07, 6.45) is 1.61. The lowest BCUT2D eigenvalue weighted by molar-refractivity contribution is 0.102. The third-order valence-electron chi connectivity index (χ3n) is 4.62. The maximum Gasteiger partial charge on any atom is 0.257 e. The molecule has 0 aliphatic rings. The lowest BCUT2D eigenvalue weighted by Gasteiger charge is -2.07. The summed E-state index contributed by atoms with van der Waals surface area (Å²) >= 11 is 1.31. The predicted molar refractivity (Wildman–Crippen MR) is 122 cm³/mol. The van der Waals surface area contributed by atoms with Crippen LogP contribution in [-0.4, -0.2) is 25.4 Å². The molecule has 8 heteroatoms. The molecule has 1 amide bonds. The van der Waals surface area contributed by atoms with Crippen molar-refractivity contribution in [2.45, 2.75) is 27.3 Å². The molecule has 4 rings (SSSR count). The molecule has 0 unspecified atom stereocenters. The van der Waals surface area contributed by atoms with Gasteiger partial charge in [0.15, 0.2) is 5.13 Å². The molecule has 0 saturated heterocycles. The molecule has 4 aromatic rings. The second-order valence-electron chi connectivity index (χ2n) is 7.32. The normalized spacial score (nSPS) is 10.8. The molecule has 156 valence electrons. The van der Waals surface area contributed by atoms with Gasteiger partial charge in [0.25, 0.3) is 11.5 Å². The predicted octanol–water partition coefficient (Wildman–Crippen LogP) is 3.99. The summed E-state index contributed by atoms with van der Waals surface area (Å²) in [5, 5.41) is 5.07. The molecule has 0 fully saturated rings. The van der Waals surface area contributed by atoms with Crippen LogP contribution in [-0.2, 0) is 6.54 Å². The van der Waals surface area contributed by atoms with Crippen molar-refractivity contribution in [1.29, 1.82) is 0 Å². The number of amides is 1. The van der Waals surface area contributed by atoms with E-state index in [1.807, 2.05) is 56.5 Å². The zero-order chi connectivity index (χ0) is 22.0. The fraction of sp³-hybridized carbons (Fsp3) is 0.174. The fourth-order valence-corrected chi connectivity index (χ4v) is 3.93. The van der Waals surface area contributed by atoms with Crippen LogP contribution in [0.2, 0.25) is 0 Å². The highest BCUT2D eigenvalue weighted by Gasteiger charge is 2.12. The molecule has 0 bridgehead atoms. The van der Waals surface area contributed by atoms with Gasteiger partial charge in [0.1, 0.15) is 5.69 Å². The minimum atomic E-state index is -0.382. The number of thiazole rings is 1. The summed E-state index contributed by atoms with van der Waals surface area (Å²) in [7, 11) is 0. The number of pyridine rings is 3. The summed E-state index contributed by atoms with van der Waals surface area (Å²) < 4.78 is 1.52. The summed E-state index contributed by atoms with van der Waals surface area (Å²) in [6, 6.07) is 12.6. The van der Waals surface area contributed by atoms with E-state index < -0.39 is 0 Å². The van der Waals surface area contributed by atoms with Crippen LogP contribution in [0.1, 0.15) is 33.0 Å². The van der Waals surface area contributed by atoms with Crippen LogP contribution in [0.4, 0.5) is 5.13 Å². The first kappa shape index (κ1) is 20.6. The highest BCUT2D eigenvalue weighted by Crippen LogP contribution is 2.24. The van der Waals surface area contributed by atoms with Gasteiger partial charge in [-0.25, -0.2) is 4.98 Å². The quantitative estimate of drug-likeness (QED) is 0.516. The van der Waals surface area contributed by atoms with E-state index in [0.29, 0.717) is 17.4 Å². The number of carbonyl (C=O) groups is 1. The van der Waals surface area contributed by atoms with Crippen molar-refractivity contribution in [3.05, 3.63) is 92.6 Å². The molecule has 31 heavy (non-hydrogen) atoms. The SMILES string of the molecule is Cc1cc(C)nc(-c2csc(NC(=O)c3ccn(Cc4cccc(C)n4)c(=O)c3)n2)c1. The average molecular weight is 432 g/mol. The minimum absolute atomic E-state index is 0.268. The van der Waals surface area contributed by atoms with E-state index in [1.54, 1.807) is 12.3 Å². The van der Waals surface area contributed by atoms with E-state index >= 15 is 0 Å². The Hall–Kier alpha value is -3.65. The fourth-order valence-electron chi connectivity index (χ4n) is 3.23. The Kier molecular flexibility index (Phi) is 5.73. The van der Waals surface area contributed by atoms with Gasteiger partial charge in [-0.2, -0.15) is 0 Å². The number of hydrogen-bond acceptors (Lipinski definition) is 6. The van der Waals surface area contributed by atoms with E-state index in [1.165, 1.54) is 22.0 Å². The lowest BCUT2D eigenvalue weighted by Crippen LogP contribution is -2.23. The van der Waals surface area contributed by atoms with Crippen LogP contribution < -0.4 is 10.9 Å². The van der Waals surface area contributed by atoms with Crippen molar-refractivity contribution in [3.63, 3.8) is 0 Å². The molecule has 1 N–H and O–H groups in total. The molecule has 7 nitrogen and oxygen atoms in total. The Labute approximate surface area is 183 Å². The molecule has 4 aromatic heterocycles. The number of carbonyl (C=O) groups excluding carboxylic acids is 1. The average Bonchev–Trinajstić information content (AvgIpc) is 3.17. The summed E-state index contributed by atoms with van der Waals surface area (Å²) in [5.41, 5.74) is 5.16. The molecule has 0 radical (unpaired) electrons. The van der Waals surface area contributed by atoms with Gasteiger partial charge in [-0.15, -0.1) is 11.3 Å². The van der Waals surface area contributed by atoms with Crippen molar-refractivity contribution in [1.82, 2.24) is 19.5 Å². The zero-order valence-corrected chi connectivity index (χ0v) is 18.2. The number of hydrogen-bond donors (Lipinski definition) is 1. The molecule has 0 aliphatic carbocycles. The summed E-state index contributed by atoms with van der Waals surface area (Å²) in [4.78, 5) is 38.5. The van der Waals surface area contributed by atoms with Crippen molar-refractivity contribution in [2.75, 3.05) is 5.32 Å². The number of aryl methyl sites for hydroxylation is 3. The first-order valence-corrected chi connectivity index (χ1v) is 10.6. The van der Waals surface area contributed by atoms with Gasteiger partial charge in [0.2, 0.25) is 0 Å². The van der Waals surface area contributed by atoms with Crippen LogP contribution in [0.5, 0.6) is 0 Å². The smallest absolute Gasteiger partial charge is 0.257 e. The van der Waals surface area contributed by atoms with E-state index in [0.717, 1.165) is 28.3 Å². The van der Waals surface area contributed by atoms with Gasteiger partial charge in [0.05, 0.1) is 17.9 Å². The first-order valence-electron chi connectivity index (χ1n) is 9.73. The molecule has 0 aromatic carbocycles. The Morgan fingerprint density at radius 1 is 1.00 bits per heavy atom. The number of nitrogens with one attached hydrogen (secondary N) is 1.